The van der Waals surface area contributed by atoms with E-state index in [2.05, 4.69) is 0 Å². The van der Waals surface area contributed by atoms with Gasteiger partial charge in [0.15, 0.2) is 6.10 Å². The molecule has 13 heavy (non-hydrogen) atoms. The first-order valence-electron chi connectivity index (χ1n) is 3.84. The maximum Gasteiger partial charge on any atom is 0.335 e. The number of carbonyl (C=O) groups is 1. The molecule has 0 spiro atoms. The van der Waals surface area contributed by atoms with Crippen LogP contribution < -0.4 is 0 Å². The van der Waals surface area contributed by atoms with E-state index in [-0.39, 0.29) is 0 Å². The van der Waals surface area contributed by atoms with Gasteiger partial charge in [0.05, 0.1) is 7.98 Å². The number of aliphatic hydroxyl groups excluding tert-OH is 4. The molecule has 7 nitrogen and oxygen atoms in total. The average molecular weight is 197 g/mol. The Morgan fingerprint density at radius 2 is 1.69 bits per heavy atom. The largest absolute Gasteiger partial charge is 0.479 e. The highest BCUT2D eigenvalue weighted by atomic mass is 16.4. The molecule has 78 valence electrons. The Morgan fingerprint density at radius 1 is 1.23 bits per heavy atom. The van der Waals surface area contributed by atoms with Crippen LogP contribution >= 0.6 is 0 Å². The van der Waals surface area contributed by atoms with Crippen LogP contribution in [0.15, 0.2) is 0 Å². The summed E-state index contributed by atoms with van der Waals surface area (Å²) in [5.41, 5.74) is 0. The van der Waals surface area contributed by atoms with Gasteiger partial charge in [-0.2, -0.15) is 0 Å². The van der Waals surface area contributed by atoms with Gasteiger partial charge in [-0.25, -0.2) is 4.79 Å². The van der Waals surface area contributed by atoms with Crippen molar-refractivity contribution in [3.8, 4) is 0 Å². The van der Waals surface area contributed by atoms with Gasteiger partial charge in [-0.3, -0.25) is 0 Å². The van der Waals surface area contributed by atoms with Crippen molar-refractivity contribution in [2.75, 3.05) is 6.61 Å². The molecular weight excluding hydrogens is 184 g/mol. The van der Waals surface area contributed by atoms with E-state index in [0.717, 1.165) is 0 Å². The fraction of sp³-hybridized carbons (Fsp3) is 0.833. The molecule has 7 heteroatoms. The molecule has 0 aliphatic rings. The number of aliphatic carboxylic acids is 1. The Labute approximate surface area is 74.9 Å². The first kappa shape index (κ1) is 10.4. The lowest BCUT2D eigenvalue weighted by atomic mass is 10.0. The fourth-order valence-electron chi connectivity index (χ4n) is 0.609. The summed E-state index contributed by atoms with van der Waals surface area (Å²) in [5, 5.41) is 52.2. The second-order valence-electron chi connectivity index (χ2n) is 2.37. The molecule has 0 radical (unpaired) electrons. The molecule has 0 aliphatic carbocycles. The number of hydrogen-bond donors (Lipinski definition) is 6. The lowest BCUT2D eigenvalue weighted by Crippen LogP contribution is -2.48. The van der Waals surface area contributed by atoms with Crippen molar-refractivity contribution in [2.24, 2.45) is 0 Å². The van der Waals surface area contributed by atoms with Crippen LogP contribution in [0, 0.1) is 0 Å². The molecule has 4 atom stereocenters. The van der Waals surface area contributed by atoms with Crippen molar-refractivity contribution >= 4 is 5.97 Å². The van der Waals surface area contributed by atoms with E-state index in [1.165, 1.54) is 0 Å². The Balaban J connectivity index is 4.53. The molecule has 0 aliphatic heterocycles. The van der Waals surface area contributed by atoms with E-state index < -0.39 is 37.0 Å². The molecule has 0 rings (SSSR count). The molecule has 0 heterocycles. The Kier molecular flexibility index (Phi) is 4.06. The fourth-order valence-corrected chi connectivity index (χ4v) is 0.609. The summed E-state index contributed by atoms with van der Waals surface area (Å²) in [6.07, 6.45) is -9.72. The Bertz CT molecular complexity index is 206. The summed E-state index contributed by atoms with van der Waals surface area (Å²) in [4.78, 5) is 10.1. The standard InChI is InChI=1S/C6H12O7/c7-1-2(8)3(9)4(10)5(11)6(12)13/h2-5,7-11H,1H2,(H,12,13)/t2-,3-,4+,5-/m1/s1/i2D. The Hall–Kier alpha value is -0.730. The topological polar surface area (TPSA) is 138 Å². The lowest BCUT2D eigenvalue weighted by Gasteiger charge is -2.23. The van der Waals surface area contributed by atoms with Gasteiger partial charge in [-0.1, -0.05) is 0 Å². The summed E-state index contributed by atoms with van der Waals surface area (Å²) < 4.78 is 6.84. The van der Waals surface area contributed by atoms with Crippen LogP contribution in [0.4, 0.5) is 0 Å². The van der Waals surface area contributed by atoms with Crippen molar-refractivity contribution < 1.29 is 36.8 Å². The van der Waals surface area contributed by atoms with E-state index in [1.807, 2.05) is 0 Å². The average Bonchev–Trinajstić information content (AvgIpc) is 2.14. The van der Waals surface area contributed by atoms with Gasteiger partial charge in [0.25, 0.3) is 0 Å². The molecule has 0 aromatic heterocycles. The van der Waals surface area contributed by atoms with Crippen LogP contribution in [-0.2, 0) is 4.79 Å². The summed E-state index contributed by atoms with van der Waals surface area (Å²) >= 11 is 0. The van der Waals surface area contributed by atoms with Crippen LogP contribution in [0.2, 0.25) is 0 Å². The maximum absolute atomic E-state index is 10.1. The Morgan fingerprint density at radius 3 is 2.00 bits per heavy atom. The minimum atomic E-state index is -2.82. The summed E-state index contributed by atoms with van der Waals surface area (Å²) in [6.45, 7) is -1.21. The molecule has 0 aromatic rings. The molecule has 0 aromatic carbocycles. The summed E-state index contributed by atoms with van der Waals surface area (Å²) in [5.74, 6) is -1.81. The van der Waals surface area contributed by atoms with Gasteiger partial charge >= 0.3 is 5.97 Å². The minimum Gasteiger partial charge on any atom is -0.479 e. The van der Waals surface area contributed by atoms with Gasteiger partial charge in [-0.05, 0) is 0 Å². The maximum atomic E-state index is 10.1. The number of aliphatic hydroxyl groups is 5. The molecule has 0 saturated carbocycles. The van der Waals surface area contributed by atoms with E-state index in [1.54, 1.807) is 0 Å². The third-order valence-corrected chi connectivity index (χ3v) is 1.40. The van der Waals surface area contributed by atoms with Gasteiger partial charge in [0, 0.05) is 0 Å². The first-order chi connectivity index (χ1) is 6.24. The van der Waals surface area contributed by atoms with Crippen LogP contribution in [0.1, 0.15) is 1.37 Å². The monoisotopic (exact) mass is 197 g/mol. The van der Waals surface area contributed by atoms with Crippen LogP contribution in [0.5, 0.6) is 0 Å². The quantitative estimate of drug-likeness (QED) is 0.269. The lowest BCUT2D eigenvalue weighted by molar-refractivity contribution is -0.164. The SMILES string of the molecule is [2H][C@@](O)(CO)[C@@H](O)[C@H](O)[C@@H](O)C(=O)O. The van der Waals surface area contributed by atoms with Crippen molar-refractivity contribution in [2.45, 2.75) is 24.4 Å². The normalized spacial score (nSPS) is 23.9. The van der Waals surface area contributed by atoms with Gasteiger partial charge in [0.1, 0.15) is 18.3 Å². The third kappa shape index (κ3) is 3.25. The van der Waals surface area contributed by atoms with E-state index in [0.29, 0.717) is 0 Å². The summed E-state index contributed by atoms with van der Waals surface area (Å²) in [7, 11) is 0. The molecule has 0 amide bonds. The van der Waals surface area contributed by atoms with Crippen molar-refractivity contribution in [3.63, 3.8) is 0 Å². The molecular formula is C6H12O7. The van der Waals surface area contributed by atoms with E-state index >= 15 is 0 Å². The zero-order valence-corrected chi connectivity index (χ0v) is 6.53. The molecule has 0 unspecified atom stereocenters. The van der Waals surface area contributed by atoms with Crippen LogP contribution in [-0.4, -0.2) is 67.6 Å². The predicted molar refractivity (Wildman–Crippen MR) is 38.7 cm³/mol. The number of carboxylic acid groups (broad SMARTS) is 1. The predicted octanol–water partition coefficient (Wildman–Crippen LogP) is -3.49. The van der Waals surface area contributed by atoms with Gasteiger partial charge < -0.3 is 30.6 Å². The minimum absolute atomic E-state index is 1.21. The van der Waals surface area contributed by atoms with E-state index in [4.69, 9.17) is 32.0 Å². The molecule has 0 fully saturated rings. The zero-order valence-electron chi connectivity index (χ0n) is 7.53. The van der Waals surface area contributed by atoms with Crippen LogP contribution in [0.25, 0.3) is 0 Å². The van der Waals surface area contributed by atoms with Gasteiger partial charge in [0.2, 0.25) is 0 Å². The first-order valence-corrected chi connectivity index (χ1v) is 3.34. The summed E-state index contributed by atoms with van der Waals surface area (Å²) in [6, 6.07) is 0. The number of hydrogen-bond acceptors (Lipinski definition) is 6. The smallest absolute Gasteiger partial charge is 0.335 e. The highest BCUT2D eigenvalue weighted by Gasteiger charge is 2.33. The van der Waals surface area contributed by atoms with Gasteiger partial charge in [-0.15, -0.1) is 0 Å². The van der Waals surface area contributed by atoms with E-state index in [9.17, 15) is 4.79 Å². The number of rotatable bonds is 5. The highest BCUT2D eigenvalue weighted by Crippen LogP contribution is 2.04. The van der Waals surface area contributed by atoms with Crippen molar-refractivity contribution in [3.05, 3.63) is 0 Å². The number of carboxylic acids is 1. The van der Waals surface area contributed by atoms with Crippen molar-refractivity contribution in [1.29, 1.82) is 0 Å². The molecule has 0 bridgehead atoms. The van der Waals surface area contributed by atoms with Crippen LogP contribution in [0.3, 0.4) is 0 Å². The van der Waals surface area contributed by atoms with Crippen molar-refractivity contribution in [1.82, 2.24) is 0 Å². The zero-order chi connectivity index (χ0) is 11.5. The second-order valence-corrected chi connectivity index (χ2v) is 2.37. The second kappa shape index (κ2) is 5.10. The molecule has 0 saturated heterocycles. The molecule has 6 N–H and O–H groups in total. The third-order valence-electron chi connectivity index (χ3n) is 1.40. The highest BCUT2D eigenvalue weighted by molar-refractivity contribution is 5.72.